The summed E-state index contributed by atoms with van der Waals surface area (Å²) in [6.45, 7) is 7.57. The average Bonchev–Trinajstić information content (AvgIpc) is 2.52. The molecule has 1 aliphatic rings. The molecule has 1 fully saturated rings. The molecule has 1 heterocycles. The van der Waals surface area contributed by atoms with Crippen LogP contribution in [0.4, 0.5) is 5.69 Å². The zero-order valence-electron chi connectivity index (χ0n) is 13.4. The van der Waals surface area contributed by atoms with Crippen molar-refractivity contribution in [2.24, 2.45) is 0 Å². The highest BCUT2D eigenvalue weighted by atomic mass is 16.5. The number of hydrogen-bond acceptors (Lipinski definition) is 3. The molecule has 1 saturated heterocycles. The van der Waals surface area contributed by atoms with Crippen LogP contribution in [-0.2, 0) is 4.79 Å². The summed E-state index contributed by atoms with van der Waals surface area (Å²) in [5, 5.41) is 0. The van der Waals surface area contributed by atoms with Crippen LogP contribution in [0.1, 0.15) is 31.7 Å². The predicted octanol–water partition coefficient (Wildman–Crippen LogP) is 2.84. The maximum Gasteiger partial charge on any atom is 0.222 e. The molecule has 0 unspecified atom stereocenters. The minimum atomic E-state index is 0.299. The maximum atomic E-state index is 12.1. The van der Waals surface area contributed by atoms with Crippen molar-refractivity contribution in [2.45, 2.75) is 33.1 Å². The summed E-state index contributed by atoms with van der Waals surface area (Å²) in [7, 11) is 1.71. The van der Waals surface area contributed by atoms with Crippen molar-refractivity contribution in [1.29, 1.82) is 0 Å². The maximum absolute atomic E-state index is 12.1. The Bertz CT molecular complexity index is 480. The van der Waals surface area contributed by atoms with Crippen LogP contribution in [0.5, 0.6) is 5.75 Å². The molecule has 0 aromatic heterocycles. The molecule has 0 radical (unpaired) electrons. The fourth-order valence-electron chi connectivity index (χ4n) is 2.73. The highest BCUT2D eigenvalue weighted by molar-refractivity contribution is 5.76. The van der Waals surface area contributed by atoms with E-state index in [1.54, 1.807) is 7.11 Å². The van der Waals surface area contributed by atoms with E-state index in [1.807, 2.05) is 11.0 Å². The number of piperazine rings is 1. The fourth-order valence-corrected chi connectivity index (χ4v) is 2.73. The van der Waals surface area contributed by atoms with Gasteiger partial charge in [-0.05, 0) is 31.0 Å². The monoisotopic (exact) mass is 290 g/mol. The number of ether oxygens (including phenoxy) is 1. The average molecular weight is 290 g/mol. The van der Waals surface area contributed by atoms with Gasteiger partial charge in [0.25, 0.3) is 0 Å². The number of nitrogens with zero attached hydrogens (tertiary/aromatic N) is 2. The van der Waals surface area contributed by atoms with E-state index in [9.17, 15) is 4.79 Å². The summed E-state index contributed by atoms with van der Waals surface area (Å²) < 4.78 is 5.46. The molecule has 0 saturated carbocycles. The molecule has 0 spiro atoms. The quantitative estimate of drug-likeness (QED) is 0.836. The van der Waals surface area contributed by atoms with Gasteiger partial charge >= 0.3 is 0 Å². The van der Waals surface area contributed by atoms with Gasteiger partial charge in [0.05, 0.1) is 12.8 Å². The molecule has 1 aliphatic heterocycles. The fraction of sp³-hybridized carbons (Fsp3) is 0.588. The first-order valence-electron chi connectivity index (χ1n) is 7.83. The van der Waals surface area contributed by atoms with Crippen LogP contribution in [0.15, 0.2) is 18.2 Å². The van der Waals surface area contributed by atoms with E-state index in [0.717, 1.165) is 50.5 Å². The highest BCUT2D eigenvalue weighted by Gasteiger charge is 2.22. The minimum absolute atomic E-state index is 0.299. The molecule has 4 heteroatoms. The normalized spacial score (nSPS) is 15.2. The third-order valence-corrected chi connectivity index (χ3v) is 4.05. The van der Waals surface area contributed by atoms with Crippen LogP contribution in [0, 0.1) is 6.92 Å². The predicted molar refractivity (Wildman–Crippen MR) is 86.0 cm³/mol. The summed E-state index contributed by atoms with van der Waals surface area (Å²) in [4.78, 5) is 16.4. The van der Waals surface area contributed by atoms with E-state index in [0.29, 0.717) is 12.3 Å². The molecular formula is C17H26N2O2. The van der Waals surface area contributed by atoms with Crippen molar-refractivity contribution < 1.29 is 9.53 Å². The molecule has 0 atom stereocenters. The van der Waals surface area contributed by atoms with Gasteiger partial charge in [-0.1, -0.05) is 19.4 Å². The van der Waals surface area contributed by atoms with Crippen LogP contribution in [0.3, 0.4) is 0 Å². The Morgan fingerprint density at radius 1 is 1.24 bits per heavy atom. The number of carbonyl (C=O) groups excluding carboxylic acids is 1. The van der Waals surface area contributed by atoms with Crippen LogP contribution >= 0.6 is 0 Å². The number of methoxy groups -OCH3 is 1. The lowest BCUT2D eigenvalue weighted by Gasteiger charge is -2.36. The summed E-state index contributed by atoms with van der Waals surface area (Å²) in [6.07, 6.45) is 2.75. The van der Waals surface area contributed by atoms with E-state index in [2.05, 4.69) is 30.9 Å². The second-order valence-corrected chi connectivity index (χ2v) is 5.65. The first kappa shape index (κ1) is 15.7. The van der Waals surface area contributed by atoms with Gasteiger partial charge in [0.1, 0.15) is 5.75 Å². The number of rotatable bonds is 5. The van der Waals surface area contributed by atoms with E-state index >= 15 is 0 Å². The Hall–Kier alpha value is -1.71. The lowest BCUT2D eigenvalue weighted by Crippen LogP contribution is -2.48. The van der Waals surface area contributed by atoms with E-state index in [1.165, 1.54) is 5.56 Å². The largest absolute Gasteiger partial charge is 0.495 e. The van der Waals surface area contributed by atoms with Crippen LogP contribution in [0.2, 0.25) is 0 Å². The summed E-state index contributed by atoms with van der Waals surface area (Å²) in [5.74, 6) is 1.21. The molecule has 1 aromatic rings. The van der Waals surface area contributed by atoms with Gasteiger partial charge in [-0.15, -0.1) is 0 Å². The molecular weight excluding hydrogens is 264 g/mol. The van der Waals surface area contributed by atoms with Crippen molar-refractivity contribution in [2.75, 3.05) is 38.2 Å². The first-order chi connectivity index (χ1) is 10.2. The molecule has 4 nitrogen and oxygen atoms in total. The number of carbonyl (C=O) groups is 1. The van der Waals surface area contributed by atoms with Crippen molar-refractivity contribution in [3.63, 3.8) is 0 Å². The van der Waals surface area contributed by atoms with Gasteiger partial charge in [0, 0.05) is 32.6 Å². The van der Waals surface area contributed by atoms with Gasteiger partial charge in [-0.2, -0.15) is 0 Å². The highest BCUT2D eigenvalue weighted by Crippen LogP contribution is 2.30. The molecule has 21 heavy (non-hydrogen) atoms. The summed E-state index contributed by atoms with van der Waals surface area (Å²) in [6, 6.07) is 6.24. The molecule has 116 valence electrons. The summed E-state index contributed by atoms with van der Waals surface area (Å²) in [5.41, 5.74) is 2.37. The number of unbranched alkanes of at least 4 members (excludes halogenated alkanes) is 1. The van der Waals surface area contributed by atoms with Crippen molar-refractivity contribution in [3.8, 4) is 5.75 Å². The van der Waals surface area contributed by atoms with E-state index in [4.69, 9.17) is 4.74 Å². The van der Waals surface area contributed by atoms with Crippen molar-refractivity contribution >= 4 is 11.6 Å². The van der Waals surface area contributed by atoms with Gasteiger partial charge in [-0.25, -0.2) is 0 Å². The number of hydrogen-bond donors (Lipinski definition) is 0. The molecule has 0 aliphatic carbocycles. The SMILES string of the molecule is CCCCC(=O)N1CCN(c2cc(C)ccc2OC)CC1. The van der Waals surface area contributed by atoms with Gasteiger partial charge in [-0.3, -0.25) is 4.79 Å². The Labute approximate surface area is 127 Å². The second kappa shape index (κ2) is 7.34. The third kappa shape index (κ3) is 3.90. The van der Waals surface area contributed by atoms with Gasteiger partial charge in [0.15, 0.2) is 0 Å². The molecule has 0 N–H and O–H groups in total. The lowest BCUT2D eigenvalue weighted by molar-refractivity contribution is -0.131. The van der Waals surface area contributed by atoms with Crippen LogP contribution in [-0.4, -0.2) is 44.1 Å². The Balaban J connectivity index is 1.98. The molecule has 1 aromatic carbocycles. The Morgan fingerprint density at radius 2 is 1.95 bits per heavy atom. The summed E-state index contributed by atoms with van der Waals surface area (Å²) >= 11 is 0. The molecule has 1 amide bonds. The molecule has 0 bridgehead atoms. The van der Waals surface area contributed by atoms with Crippen LogP contribution < -0.4 is 9.64 Å². The zero-order chi connectivity index (χ0) is 15.2. The number of amides is 1. The Kier molecular flexibility index (Phi) is 5.48. The zero-order valence-corrected chi connectivity index (χ0v) is 13.4. The number of anilines is 1. The van der Waals surface area contributed by atoms with Crippen molar-refractivity contribution in [1.82, 2.24) is 4.90 Å². The number of aryl methyl sites for hydroxylation is 1. The van der Waals surface area contributed by atoms with Gasteiger partial charge < -0.3 is 14.5 Å². The standard InChI is InChI=1S/C17H26N2O2/c1-4-5-6-17(20)19-11-9-18(10-12-19)15-13-14(2)7-8-16(15)21-3/h7-8,13H,4-6,9-12H2,1-3H3. The topological polar surface area (TPSA) is 32.8 Å². The first-order valence-corrected chi connectivity index (χ1v) is 7.83. The lowest BCUT2D eigenvalue weighted by atomic mass is 10.1. The van der Waals surface area contributed by atoms with Crippen LogP contribution in [0.25, 0.3) is 0 Å². The van der Waals surface area contributed by atoms with E-state index < -0.39 is 0 Å². The molecule has 2 rings (SSSR count). The Morgan fingerprint density at radius 3 is 2.57 bits per heavy atom. The van der Waals surface area contributed by atoms with Crippen molar-refractivity contribution in [3.05, 3.63) is 23.8 Å². The smallest absolute Gasteiger partial charge is 0.222 e. The number of benzene rings is 1. The third-order valence-electron chi connectivity index (χ3n) is 4.05. The second-order valence-electron chi connectivity index (χ2n) is 5.65. The van der Waals surface area contributed by atoms with E-state index in [-0.39, 0.29) is 0 Å². The van der Waals surface area contributed by atoms with Gasteiger partial charge in [0.2, 0.25) is 5.91 Å². The minimum Gasteiger partial charge on any atom is -0.495 e.